The molecule has 0 N–H and O–H groups in total. The zero-order chi connectivity index (χ0) is 11.4. The largest absolute Gasteiger partial charge is 0.460 e. The molecule has 15 heavy (non-hydrogen) atoms. The summed E-state index contributed by atoms with van der Waals surface area (Å²) in [6.45, 7) is 0. The molecule has 0 radical (unpaired) electrons. The molecule has 1 aromatic carbocycles. The van der Waals surface area contributed by atoms with E-state index in [1.807, 2.05) is 0 Å². The van der Waals surface area contributed by atoms with E-state index in [4.69, 9.17) is 17.1 Å². The van der Waals surface area contributed by atoms with Crippen molar-refractivity contribution in [2.24, 2.45) is 0 Å². The quantitative estimate of drug-likeness (QED) is 0.363. The third-order valence-corrected chi connectivity index (χ3v) is 2.59. The number of carbonyl (C=O) groups excluding carboxylic acids is 1. The first-order valence-corrected chi connectivity index (χ1v) is 5.03. The average molecular weight is 290 g/mol. The second-order valence-electron chi connectivity index (χ2n) is 2.56. The Labute approximate surface area is 99.6 Å². The van der Waals surface area contributed by atoms with Crippen LogP contribution < -0.4 is 0 Å². The maximum Gasteiger partial charge on any atom is 0.422 e. The maximum atomic E-state index is 11.2. The van der Waals surface area contributed by atoms with E-state index in [2.05, 4.69) is 25.5 Å². The fourth-order valence-corrected chi connectivity index (χ4v) is 1.59. The summed E-state index contributed by atoms with van der Waals surface area (Å²) in [7, 11) is 1.20. The molecule has 0 saturated heterocycles. The van der Waals surface area contributed by atoms with Gasteiger partial charge in [-0.05, 0) is 34.1 Å². The fraction of sp³-hybridized carbons (Fsp3) is 0.111. The molecule has 0 aliphatic carbocycles. The SMILES string of the molecule is COC(=O)C(=[N+]=[N-])c1cc(Cl)ccc1Br. The summed E-state index contributed by atoms with van der Waals surface area (Å²) >= 11 is 8.97. The van der Waals surface area contributed by atoms with E-state index in [0.29, 0.717) is 15.1 Å². The molecule has 0 bridgehead atoms. The number of carbonyl (C=O) groups is 1. The number of ether oxygens (including phenoxy) is 1. The molecule has 1 aromatic rings. The van der Waals surface area contributed by atoms with Gasteiger partial charge in [0.2, 0.25) is 0 Å². The van der Waals surface area contributed by atoms with E-state index in [9.17, 15) is 4.79 Å². The van der Waals surface area contributed by atoms with Crippen LogP contribution in [-0.4, -0.2) is 23.6 Å². The summed E-state index contributed by atoms with van der Waals surface area (Å²) in [5.74, 6) is -0.736. The summed E-state index contributed by atoms with van der Waals surface area (Å²) in [6, 6.07) is 4.78. The zero-order valence-electron chi connectivity index (χ0n) is 7.70. The van der Waals surface area contributed by atoms with Crippen molar-refractivity contribution in [3.8, 4) is 0 Å². The Morgan fingerprint density at radius 3 is 2.80 bits per heavy atom. The lowest BCUT2D eigenvalue weighted by Gasteiger charge is -1.99. The van der Waals surface area contributed by atoms with Crippen LogP contribution in [0.3, 0.4) is 0 Å². The second-order valence-corrected chi connectivity index (χ2v) is 3.86. The molecule has 0 saturated carbocycles. The number of halogens is 2. The van der Waals surface area contributed by atoms with Crippen LogP contribution >= 0.6 is 27.5 Å². The lowest BCUT2D eigenvalue weighted by atomic mass is 10.1. The molecule has 4 nitrogen and oxygen atoms in total. The van der Waals surface area contributed by atoms with Gasteiger partial charge in [-0.2, -0.15) is 4.79 Å². The molecule has 6 heteroatoms. The van der Waals surface area contributed by atoms with Gasteiger partial charge in [-0.1, -0.05) is 11.6 Å². The minimum atomic E-state index is -0.736. The number of hydrogen-bond acceptors (Lipinski definition) is 2. The monoisotopic (exact) mass is 288 g/mol. The van der Waals surface area contributed by atoms with Crippen molar-refractivity contribution in [3.63, 3.8) is 0 Å². The molecule has 0 atom stereocenters. The van der Waals surface area contributed by atoms with Gasteiger partial charge in [0.15, 0.2) is 0 Å². The first-order chi connectivity index (χ1) is 7.10. The molecular weight excluding hydrogens is 283 g/mol. The van der Waals surface area contributed by atoms with Gasteiger partial charge in [0, 0.05) is 9.50 Å². The van der Waals surface area contributed by atoms with Crippen molar-refractivity contribution in [1.29, 1.82) is 0 Å². The van der Waals surface area contributed by atoms with Crippen LogP contribution in [0.1, 0.15) is 5.56 Å². The number of esters is 1. The van der Waals surface area contributed by atoms with Crippen LogP contribution in [0.2, 0.25) is 5.02 Å². The van der Waals surface area contributed by atoms with Crippen LogP contribution in [0.5, 0.6) is 0 Å². The van der Waals surface area contributed by atoms with Crippen molar-refractivity contribution in [3.05, 3.63) is 38.8 Å². The van der Waals surface area contributed by atoms with Gasteiger partial charge in [-0.25, -0.2) is 4.79 Å². The van der Waals surface area contributed by atoms with Gasteiger partial charge >= 0.3 is 11.7 Å². The predicted octanol–water partition coefficient (Wildman–Crippen LogP) is 2.29. The molecular formula is C9H6BrClN2O2. The molecule has 1 rings (SSSR count). The molecule has 0 spiro atoms. The minimum Gasteiger partial charge on any atom is -0.460 e. The van der Waals surface area contributed by atoms with E-state index in [1.165, 1.54) is 13.2 Å². The van der Waals surface area contributed by atoms with Gasteiger partial charge in [-0.3, -0.25) is 0 Å². The molecule has 0 aliphatic rings. The summed E-state index contributed by atoms with van der Waals surface area (Å²) in [4.78, 5) is 14.1. The standard InChI is InChI=1S/C9H6BrClN2O2/c1-15-9(14)8(13-12)6-4-5(11)2-3-7(6)10/h2-4H,1H3. The van der Waals surface area contributed by atoms with E-state index >= 15 is 0 Å². The van der Waals surface area contributed by atoms with Crippen molar-refractivity contribution in [2.75, 3.05) is 7.11 Å². The topological polar surface area (TPSA) is 62.7 Å². The van der Waals surface area contributed by atoms with Gasteiger partial charge in [-0.15, -0.1) is 0 Å². The first kappa shape index (κ1) is 11.9. The number of nitrogens with zero attached hydrogens (tertiary/aromatic N) is 2. The number of hydrogen-bond donors (Lipinski definition) is 0. The van der Waals surface area contributed by atoms with Crippen LogP contribution in [0.4, 0.5) is 0 Å². The van der Waals surface area contributed by atoms with E-state index in [-0.39, 0.29) is 5.71 Å². The van der Waals surface area contributed by atoms with Gasteiger partial charge in [0.05, 0.1) is 12.7 Å². The zero-order valence-corrected chi connectivity index (χ0v) is 10.0. The summed E-state index contributed by atoms with van der Waals surface area (Å²) < 4.78 is 5.05. The lowest BCUT2D eigenvalue weighted by Crippen LogP contribution is -2.18. The van der Waals surface area contributed by atoms with Crippen LogP contribution in [0, 0.1) is 0 Å². The summed E-state index contributed by atoms with van der Waals surface area (Å²) in [5.41, 5.74) is 8.89. The Kier molecular flexibility index (Phi) is 4.03. The number of benzene rings is 1. The highest BCUT2D eigenvalue weighted by atomic mass is 79.9. The summed E-state index contributed by atoms with van der Waals surface area (Å²) in [6.07, 6.45) is 0. The Morgan fingerprint density at radius 1 is 1.60 bits per heavy atom. The van der Waals surface area contributed by atoms with Crippen molar-refractivity contribution >= 4 is 39.2 Å². The third kappa shape index (κ3) is 2.65. The summed E-state index contributed by atoms with van der Waals surface area (Å²) in [5, 5.41) is 0.429. The molecule has 0 heterocycles. The third-order valence-electron chi connectivity index (χ3n) is 1.66. The lowest BCUT2D eigenvalue weighted by molar-refractivity contribution is -0.137. The molecule has 0 fully saturated rings. The van der Waals surface area contributed by atoms with Crippen LogP contribution in [0.25, 0.3) is 5.53 Å². The van der Waals surface area contributed by atoms with E-state index in [0.717, 1.165) is 0 Å². The molecule has 78 valence electrons. The highest BCUT2D eigenvalue weighted by Crippen LogP contribution is 2.21. The highest BCUT2D eigenvalue weighted by molar-refractivity contribution is 9.10. The molecule has 0 aliphatic heterocycles. The Balaban J connectivity index is 3.31. The predicted molar refractivity (Wildman–Crippen MR) is 58.9 cm³/mol. The maximum absolute atomic E-state index is 11.2. The molecule has 0 aromatic heterocycles. The van der Waals surface area contributed by atoms with Crippen molar-refractivity contribution in [1.82, 2.24) is 0 Å². The van der Waals surface area contributed by atoms with Gasteiger partial charge in [0.1, 0.15) is 0 Å². The minimum absolute atomic E-state index is 0.202. The van der Waals surface area contributed by atoms with Crippen LogP contribution in [0.15, 0.2) is 22.7 Å². The van der Waals surface area contributed by atoms with Crippen LogP contribution in [-0.2, 0) is 9.53 Å². The smallest absolute Gasteiger partial charge is 0.422 e. The molecule has 0 unspecified atom stereocenters. The number of rotatable bonds is 2. The average Bonchev–Trinajstić information content (AvgIpc) is 2.23. The van der Waals surface area contributed by atoms with Crippen molar-refractivity contribution in [2.45, 2.75) is 0 Å². The van der Waals surface area contributed by atoms with Crippen molar-refractivity contribution < 1.29 is 14.3 Å². The highest BCUT2D eigenvalue weighted by Gasteiger charge is 2.26. The van der Waals surface area contributed by atoms with E-state index in [1.54, 1.807) is 12.1 Å². The fourth-order valence-electron chi connectivity index (χ4n) is 0.980. The Bertz CT molecular complexity index is 455. The van der Waals surface area contributed by atoms with E-state index < -0.39 is 5.97 Å². The Morgan fingerprint density at radius 2 is 2.27 bits per heavy atom. The molecule has 0 amide bonds. The first-order valence-electron chi connectivity index (χ1n) is 3.86. The van der Waals surface area contributed by atoms with Gasteiger partial charge in [0.25, 0.3) is 0 Å². The normalized spacial score (nSPS) is 9.27. The second kappa shape index (κ2) is 5.07. The Hall–Kier alpha value is -1.16. The number of methoxy groups -OCH3 is 1. The van der Waals surface area contributed by atoms with Gasteiger partial charge < -0.3 is 10.3 Å².